The lowest BCUT2D eigenvalue weighted by molar-refractivity contribution is 0.855. The van der Waals surface area contributed by atoms with E-state index in [2.05, 4.69) is 10.9 Å². The summed E-state index contributed by atoms with van der Waals surface area (Å²) in [5.74, 6) is 0. The van der Waals surface area contributed by atoms with E-state index in [1.807, 2.05) is 48.5 Å². The maximum Gasteiger partial charge on any atom is 0.367 e. The third-order valence-electron chi connectivity index (χ3n) is 3.25. The molecule has 2 nitrogen and oxygen atoms in total. The Bertz CT molecular complexity index is 625. The lowest BCUT2D eigenvalue weighted by Crippen LogP contribution is -2.17. The molecule has 2 aromatic carbocycles. The summed E-state index contributed by atoms with van der Waals surface area (Å²) >= 11 is 0. The molecule has 1 aliphatic carbocycles. The molecule has 0 radical (unpaired) electrons. The molecular formula is C15H8N2. The van der Waals surface area contributed by atoms with Crippen molar-refractivity contribution in [2.24, 2.45) is 0 Å². The van der Waals surface area contributed by atoms with Crippen LogP contribution in [0.25, 0.3) is 16.0 Å². The van der Waals surface area contributed by atoms with E-state index in [0.717, 1.165) is 22.3 Å². The molecule has 78 valence electrons. The Morgan fingerprint density at radius 1 is 0.941 bits per heavy atom. The molecule has 0 fully saturated rings. The van der Waals surface area contributed by atoms with Crippen LogP contribution in [0.3, 0.4) is 0 Å². The maximum absolute atomic E-state index is 9.45. The molecule has 0 N–H and O–H groups in total. The lowest BCUT2D eigenvalue weighted by Gasteiger charge is -2.09. The minimum Gasteiger partial charge on any atom is -0.283 e. The van der Waals surface area contributed by atoms with Crippen molar-refractivity contribution in [3.8, 4) is 17.2 Å². The van der Waals surface area contributed by atoms with Gasteiger partial charge in [0.15, 0.2) is 6.07 Å². The first-order valence-electron chi connectivity index (χ1n) is 5.33. The number of hydrogen-bond acceptors (Lipinski definition) is 1. The molecule has 2 aromatic rings. The van der Waals surface area contributed by atoms with Crippen LogP contribution < -0.4 is 0 Å². The van der Waals surface area contributed by atoms with Crippen molar-refractivity contribution in [1.82, 2.24) is 0 Å². The normalized spacial score (nSPS) is 14.2. The Kier molecular flexibility index (Phi) is 1.82. The summed E-state index contributed by atoms with van der Waals surface area (Å²) in [6, 6.07) is 17.5. The second-order valence-corrected chi connectivity index (χ2v) is 4.03. The highest BCUT2D eigenvalue weighted by atomic mass is 14.8. The van der Waals surface area contributed by atoms with Crippen molar-refractivity contribution in [3.05, 3.63) is 71.1 Å². The van der Waals surface area contributed by atoms with Crippen LogP contribution in [0, 0.1) is 17.9 Å². The summed E-state index contributed by atoms with van der Waals surface area (Å²) in [7, 11) is 0. The van der Waals surface area contributed by atoms with Gasteiger partial charge in [0.1, 0.15) is 0 Å². The van der Waals surface area contributed by atoms with Gasteiger partial charge in [-0.1, -0.05) is 36.4 Å². The van der Waals surface area contributed by atoms with Crippen LogP contribution in [-0.4, -0.2) is 0 Å². The zero-order chi connectivity index (χ0) is 11.9. The van der Waals surface area contributed by atoms with Gasteiger partial charge < -0.3 is 0 Å². The fourth-order valence-corrected chi connectivity index (χ4v) is 2.48. The highest BCUT2D eigenvalue weighted by molar-refractivity contribution is 5.83. The quantitative estimate of drug-likeness (QED) is 0.620. The van der Waals surface area contributed by atoms with Crippen molar-refractivity contribution in [1.29, 1.82) is 5.26 Å². The standard InChI is InChI=1S/C15H8N2/c1-17-15(10-16)13-8-4-2-6-11(13)12-7-3-5-9-14(12)15/h2-9H. The van der Waals surface area contributed by atoms with E-state index in [0.29, 0.717) is 0 Å². The third kappa shape index (κ3) is 1.02. The zero-order valence-corrected chi connectivity index (χ0v) is 9.01. The molecule has 1 aliphatic rings. The molecule has 0 atom stereocenters. The van der Waals surface area contributed by atoms with Crippen LogP contribution in [0.15, 0.2) is 48.5 Å². The SMILES string of the molecule is [C-]#[N+]C1(C#N)c2ccccc2-c2ccccc21. The van der Waals surface area contributed by atoms with Gasteiger partial charge in [0.25, 0.3) is 0 Å². The number of hydrogen-bond donors (Lipinski definition) is 0. The van der Waals surface area contributed by atoms with Gasteiger partial charge in [-0.2, -0.15) is 5.26 Å². The van der Waals surface area contributed by atoms with Crippen molar-refractivity contribution in [2.45, 2.75) is 5.54 Å². The average Bonchev–Trinajstić information content (AvgIpc) is 2.70. The fourth-order valence-electron chi connectivity index (χ4n) is 2.48. The third-order valence-corrected chi connectivity index (χ3v) is 3.25. The van der Waals surface area contributed by atoms with Gasteiger partial charge in [0.2, 0.25) is 0 Å². The molecule has 0 unspecified atom stereocenters. The summed E-state index contributed by atoms with van der Waals surface area (Å²) in [5, 5.41) is 9.45. The first-order valence-corrected chi connectivity index (χ1v) is 5.33. The van der Waals surface area contributed by atoms with Gasteiger partial charge in [0.05, 0.1) is 11.1 Å². The summed E-state index contributed by atoms with van der Waals surface area (Å²) in [6.45, 7) is 7.41. The number of nitriles is 1. The molecule has 0 amide bonds. The lowest BCUT2D eigenvalue weighted by atomic mass is 9.90. The minimum atomic E-state index is -1.16. The number of rotatable bonds is 0. The highest BCUT2D eigenvalue weighted by Crippen LogP contribution is 2.49. The average molecular weight is 216 g/mol. The van der Waals surface area contributed by atoms with Crippen LogP contribution in [-0.2, 0) is 5.54 Å². The number of nitrogens with zero attached hydrogens (tertiary/aromatic N) is 2. The van der Waals surface area contributed by atoms with Crippen LogP contribution in [0.1, 0.15) is 11.1 Å². The largest absolute Gasteiger partial charge is 0.367 e. The summed E-state index contributed by atoms with van der Waals surface area (Å²) in [5.41, 5.74) is 2.45. The number of fused-ring (bicyclic) bond motifs is 3. The van der Waals surface area contributed by atoms with Crippen molar-refractivity contribution in [2.75, 3.05) is 0 Å². The molecule has 0 aromatic heterocycles. The van der Waals surface area contributed by atoms with E-state index in [9.17, 15) is 5.26 Å². The summed E-state index contributed by atoms with van der Waals surface area (Å²) in [6.07, 6.45) is 0. The molecule has 0 spiro atoms. The molecule has 0 bridgehead atoms. The molecule has 3 rings (SSSR count). The Balaban J connectivity index is 2.49. The smallest absolute Gasteiger partial charge is 0.283 e. The van der Waals surface area contributed by atoms with Gasteiger partial charge in [-0.3, -0.25) is 4.85 Å². The molecule has 0 saturated carbocycles. The van der Waals surface area contributed by atoms with Crippen LogP contribution in [0.2, 0.25) is 0 Å². The minimum absolute atomic E-state index is 0.804. The second-order valence-electron chi connectivity index (χ2n) is 4.03. The maximum atomic E-state index is 9.45. The first kappa shape index (κ1) is 9.63. The van der Waals surface area contributed by atoms with E-state index in [-0.39, 0.29) is 0 Å². The first-order chi connectivity index (χ1) is 8.33. The van der Waals surface area contributed by atoms with Gasteiger partial charge in [0, 0.05) is 0 Å². The van der Waals surface area contributed by atoms with Crippen molar-refractivity contribution in [3.63, 3.8) is 0 Å². The van der Waals surface area contributed by atoms with E-state index in [1.165, 1.54) is 0 Å². The molecule has 2 heteroatoms. The van der Waals surface area contributed by atoms with Gasteiger partial charge >= 0.3 is 5.54 Å². The summed E-state index contributed by atoms with van der Waals surface area (Å²) < 4.78 is 0. The van der Waals surface area contributed by atoms with Crippen LogP contribution in [0.4, 0.5) is 0 Å². The summed E-state index contributed by atoms with van der Waals surface area (Å²) in [4.78, 5) is 3.61. The number of benzene rings is 2. The monoisotopic (exact) mass is 216 g/mol. The van der Waals surface area contributed by atoms with Crippen LogP contribution >= 0.6 is 0 Å². The molecule has 0 aliphatic heterocycles. The van der Waals surface area contributed by atoms with E-state index in [4.69, 9.17) is 6.57 Å². The Labute approximate surface area is 99.6 Å². The molecule has 0 heterocycles. The van der Waals surface area contributed by atoms with E-state index < -0.39 is 5.54 Å². The second kappa shape index (κ2) is 3.20. The predicted octanol–water partition coefficient (Wildman–Crippen LogP) is 3.35. The van der Waals surface area contributed by atoms with Crippen molar-refractivity contribution < 1.29 is 0 Å². The molecular weight excluding hydrogens is 208 g/mol. The van der Waals surface area contributed by atoms with Crippen molar-refractivity contribution >= 4 is 0 Å². The van der Waals surface area contributed by atoms with Gasteiger partial charge in [-0.25, -0.2) is 6.57 Å². The van der Waals surface area contributed by atoms with Gasteiger partial charge in [-0.05, 0) is 23.3 Å². The Morgan fingerprint density at radius 2 is 1.41 bits per heavy atom. The molecule has 0 saturated heterocycles. The van der Waals surface area contributed by atoms with Crippen LogP contribution in [0.5, 0.6) is 0 Å². The zero-order valence-electron chi connectivity index (χ0n) is 9.01. The predicted molar refractivity (Wildman–Crippen MR) is 64.9 cm³/mol. The topological polar surface area (TPSA) is 28.1 Å². The fraction of sp³-hybridized carbons (Fsp3) is 0.0667. The molecule has 17 heavy (non-hydrogen) atoms. The Hall–Kier alpha value is -2.58. The van der Waals surface area contributed by atoms with E-state index >= 15 is 0 Å². The van der Waals surface area contributed by atoms with Gasteiger partial charge in [-0.15, -0.1) is 0 Å². The highest BCUT2D eigenvalue weighted by Gasteiger charge is 2.50. The Morgan fingerprint density at radius 3 is 1.82 bits per heavy atom. The van der Waals surface area contributed by atoms with E-state index in [1.54, 1.807) is 0 Å².